The predicted molar refractivity (Wildman–Crippen MR) is 113 cm³/mol. The lowest BCUT2D eigenvalue weighted by Crippen LogP contribution is -2.34. The van der Waals surface area contributed by atoms with E-state index in [0.717, 1.165) is 43.1 Å². The fourth-order valence-electron chi connectivity index (χ4n) is 3.29. The van der Waals surface area contributed by atoms with Crippen molar-refractivity contribution in [3.63, 3.8) is 0 Å². The number of benzene rings is 2. The Kier molecular flexibility index (Phi) is 6.82. The number of hydrogen-bond donors (Lipinski definition) is 0. The Bertz CT molecular complexity index is 836. The van der Waals surface area contributed by atoms with E-state index in [9.17, 15) is 4.79 Å². The van der Waals surface area contributed by atoms with Gasteiger partial charge in [-0.15, -0.1) is 0 Å². The molecule has 2 aromatic carbocycles. The minimum Gasteiger partial charge on any atom is -0.497 e. The van der Waals surface area contributed by atoms with E-state index < -0.39 is 0 Å². The van der Waals surface area contributed by atoms with E-state index in [4.69, 9.17) is 21.1 Å². The first kappa shape index (κ1) is 20.1. The van der Waals surface area contributed by atoms with Crippen LogP contribution in [0.4, 0.5) is 5.69 Å². The van der Waals surface area contributed by atoms with Crippen molar-refractivity contribution in [1.82, 2.24) is 4.90 Å². The summed E-state index contributed by atoms with van der Waals surface area (Å²) >= 11 is 6.05. The van der Waals surface area contributed by atoms with Crippen LogP contribution < -0.4 is 14.4 Å². The number of halogens is 1. The molecule has 1 aliphatic rings. The van der Waals surface area contributed by atoms with Crippen molar-refractivity contribution in [2.75, 3.05) is 45.3 Å². The van der Waals surface area contributed by atoms with E-state index in [0.29, 0.717) is 17.3 Å². The predicted octanol–water partition coefficient (Wildman–Crippen LogP) is 4.11. The van der Waals surface area contributed by atoms with Gasteiger partial charge >= 0.3 is 0 Å². The lowest BCUT2D eigenvalue weighted by molar-refractivity contribution is -0.125. The number of methoxy groups -OCH3 is 2. The monoisotopic (exact) mass is 400 g/mol. The highest BCUT2D eigenvalue weighted by Gasteiger charge is 2.18. The van der Waals surface area contributed by atoms with Gasteiger partial charge in [-0.3, -0.25) is 4.79 Å². The van der Waals surface area contributed by atoms with Crippen LogP contribution >= 0.6 is 11.6 Å². The maximum absolute atomic E-state index is 12.7. The summed E-state index contributed by atoms with van der Waals surface area (Å²) in [5, 5.41) is 0.609. The van der Waals surface area contributed by atoms with Gasteiger partial charge in [0, 0.05) is 48.5 Å². The van der Waals surface area contributed by atoms with Gasteiger partial charge in [-0.2, -0.15) is 0 Å². The first-order valence-electron chi connectivity index (χ1n) is 9.30. The Morgan fingerprint density at radius 3 is 2.50 bits per heavy atom. The highest BCUT2D eigenvalue weighted by molar-refractivity contribution is 6.30. The average Bonchev–Trinajstić information content (AvgIpc) is 2.98. The van der Waals surface area contributed by atoms with Crippen LogP contribution in [0.5, 0.6) is 11.5 Å². The summed E-state index contributed by atoms with van der Waals surface area (Å²) in [6.07, 6.45) is 4.28. The van der Waals surface area contributed by atoms with Gasteiger partial charge in [0.1, 0.15) is 11.5 Å². The van der Waals surface area contributed by atoms with Gasteiger partial charge < -0.3 is 19.3 Å². The standard InChI is InChI=1S/C22H25ClN2O3/c1-27-20-8-6-19(7-9-20)24-12-3-13-25(15-14-24)22(26)11-4-17-16-18(23)5-10-21(17)28-2/h4-11,16H,3,12-15H2,1-2H3/b11-4+. The summed E-state index contributed by atoms with van der Waals surface area (Å²) in [4.78, 5) is 16.9. The first-order chi connectivity index (χ1) is 13.6. The molecule has 1 fully saturated rings. The molecular weight excluding hydrogens is 376 g/mol. The molecule has 0 unspecified atom stereocenters. The topological polar surface area (TPSA) is 42.0 Å². The molecule has 6 heteroatoms. The molecule has 1 saturated heterocycles. The van der Waals surface area contributed by atoms with E-state index in [1.165, 1.54) is 0 Å². The zero-order valence-electron chi connectivity index (χ0n) is 16.2. The molecule has 0 spiro atoms. The molecule has 5 nitrogen and oxygen atoms in total. The van der Waals surface area contributed by atoms with Crippen LogP contribution in [0, 0.1) is 0 Å². The van der Waals surface area contributed by atoms with E-state index in [1.807, 2.05) is 17.0 Å². The van der Waals surface area contributed by atoms with Crippen LogP contribution in [0.2, 0.25) is 5.02 Å². The molecule has 0 atom stereocenters. The van der Waals surface area contributed by atoms with Gasteiger partial charge in [-0.1, -0.05) is 11.6 Å². The number of anilines is 1. The molecule has 1 aliphatic heterocycles. The molecule has 148 valence electrons. The fraction of sp³-hybridized carbons (Fsp3) is 0.318. The van der Waals surface area contributed by atoms with Gasteiger partial charge in [0.15, 0.2) is 0 Å². The number of carbonyl (C=O) groups excluding carboxylic acids is 1. The quantitative estimate of drug-likeness (QED) is 0.708. The van der Waals surface area contributed by atoms with Crippen LogP contribution in [0.3, 0.4) is 0 Å². The number of nitrogens with zero attached hydrogens (tertiary/aromatic N) is 2. The molecule has 0 N–H and O–H groups in total. The second-order valence-corrected chi connectivity index (χ2v) is 7.02. The largest absolute Gasteiger partial charge is 0.497 e. The van der Waals surface area contributed by atoms with Gasteiger partial charge in [0.2, 0.25) is 5.91 Å². The minimum atomic E-state index is -0.00129. The molecule has 1 heterocycles. The summed E-state index contributed by atoms with van der Waals surface area (Å²) in [5.74, 6) is 1.53. The smallest absolute Gasteiger partial charge is 0.246 e. The second kappa shape index (κ2) is 9.51. The number of amides is 1. The van der Waals surface area contributed by atoms with Crippen LogP contribution in [0.1, 0.15) is 12.0 Å². The van der Waals surface area contributed by atoms with Crippen LogP contribution in [0.25, 0.3) is 6.08 Å². The van der Waals surface area contributed by atoms with E-state index >= 15 is 0 Å². The third-order valence-corrected chi connectivity index (χ3v) is 5.08. The van der Waals surface area contributed by atoms with Crippen molar-refractivity contribution in [3.8, 4) is 11.5 Å². The van der Waals surface area contributed by atoms with Crippen molar-refractivity contribution >= 4 is 29.3 Å². The molecule has 0 bridgehead atoms. The van der Waals surface area contributed by atoms with Gasteiger partial charge in [0.05, 0.1) is 14.2 Å². The summed E-state index contributed by atoms with van der Waals surface area (Å²) in [7, 11) is 3.27. The SMILES string of the molecule is COc1ccc(N2CCCN(C(=O)/C=C/c3cc(Cl)ccc3OC)CC2)cc1. The summed E-state index contributed by atoms with van der Waals surface area (Å²) in [6.45, 7) is 3.14. The highest BCUT2D eigenvalue weighted by Crippen LogP contribution is 2.24. The number of rotatable bonds is 5. The number of ether oxygens (including phenoxy) is 2. The van der Waals surface area contributed by atoms with Crippen LogP contribution in [-0.4, -0.2) is 51.2 Å². The maximum Gasteiger partial charge on any atom is 0.246 e. The van der Waals surface area contributed by atoms with E-state index in [2.05, 4.69) is 17.0 Å². The molecule has 0 radical (unpaired) electrons. The molecular formula is C22H25ClN2O3. The van der Waals surface area contributed by atoms with Crippen LogP contribution in [0.15, 0.2) is 48.5 Å². The van der Waals surface area contributed by atoms with E-state index in [-0.39, 0.29) is 5.91 Å². The van der Waals surface area contributed by atoms with Gasteiger partial charge in [0.25, 0.3) is 0 Å². The normalized spacial score (nSPS) is 14.8. The molecule has 0 aliphatic carbocycles. The second-order valence-electron chi connectivity index (χ2n) is 6.58. The lowest BCUT2D eigenvalue weighted by Gasteiger charge is -2.23. The Morgan fingerprint density at radius 1 is 1.00 bits per heavy atom. The molecule has 0 saturated carbocycles. The third kappa shape index (κ3) is 4.98. The Morgan fingerprint density at radius 2 is 1.79 bits per heavy atom. The first-order valence-corrected chi connectivity index (χ1v) is 9.68. The molecule has 3 rings (SSSR count). The summed E-state index contributed by atoms with van der Waals surface area (Å²) < 4.78 is 10.5. The average molecular weight is 401 g/mol. The summed E-state index contributed by atoms with van der Waals surface area (Å²) in [5.41, 5.74) is 1.94. The van der Waals surface area contributed by atoms with Gasteiger partial charge in [-0.25, -0.2) is 0 Å². The fourth-order valence-corrected chi connectivity index (χ4v) is 3.47. The highest BCUT2D eigenvalue weighted by atomic mass is 35.5. The number of hydrogen-bond acceptors (Lipinski definition) is 4. The molecule has 0 aromatic heterocycles. The maximum atomic E-state index is 12.7. The van der Waals surface area contributed by atoms with Gasteiger partial charge in [-0.05, 0) is 55.0 Å². The van der Waals surface area contributed by atoms with Crippen LogP contribution in [-0.2, 0) is 4.79 Å². The Hall–Kier alpha value is -2.66. The number of carbonyl (C=O) groups is 1. The molecule has 2 aromatic rings. The van der Waals surface area contributed by atoms with Crippen molar-refractivity contribution in [3.05, 3.63) is 59.1 Å². The lowest BCUT2D eigenvalue weighted by atomic mass is 10.2. The molecule has 28 heavy (non-hydrogen) atoms. The van der Waals surface area contributed by atoms with E-state index in [1.54, 1.807) is 44.6 Å². The Balaban J connectivity index is 1.63. The Labute approximate surface area is 171 Å². The zero-order valence-corrected chi connectivity index (χ0v) is 17.0. The minimum absolute atomic E-state index is 0.00129. The van der Waals surface area contributed by atoms with Crippen molar-refractivity contribution in [2.24, 2.45) is 0 Å². The third-order valence-electron chi connectivity index (χ3n) is 4.84. The zero-order chi connectivity index (χ0) is 19.9. The van der Waals surface area contributed by atoms with Crippen molar-refractivity contribution in [1.29, 1.82) is 0 Å². The van der Waals surface area contributed by atoms with Crippen molar-refractivity contribution in [2.45, 2.75) is 6.42 Å². The summed E-state index contributed by atoms with van der Waals surface area (Å²) in [6, 6.07) is 13.4. The van der Waals surface area contributed by atoms with Crippen molar-refractivity contribution < 1.29 is 14.3 Å². The molecule has 1 amide bonds.